The minimum atomic E-state index is 0.0871. The zero-order chi connectivity index (χ0) is 15.2. The van der Waals surface area contributed by atoms with Crippen molar-refractivity contribution >= 4 is 11.7 Å². The van der Waals surface area contributed by atoms with Crippen LogP contribution in [0.2, 0.25) is 0 Å². The number of hydrogen-bond donors (Lipinski definition) is 1. The Morgan fingerprint density at radius 1 is 1.19 bits per heavy atom. The molecule has 1 aliphatic heterocycles. The first kappa shape index (κ1) is 15.7. The highest BCUT2D eigenvalue weighted by molar-refractivity contribution is 5.74. The number of hydrogen-bond acceptors (Lipinski definition) is 2. The number of urea groups is 1. The van der Waals surface area contributed by atoms with Crippen molar-refractivity contribution in [2.24, 2.45) is 0 Å². The molecule has 0 saturated carbocycles. The normalized spacial score (nSPS) is 15.2. The molecule has 0 unspecified atom stereocenters. The fourth-order valence-electron chi connectivity index (χ4n) is 2.69. The number of unbranched alkanes of at least 4 members (excludes halogenated alkanes) is 1. The summed E-state index contributed by atoms with van der Waals surface area (Å²) in [6.45, 7) is 10.6. The molecular weight excluding hydrogens is 262 g/mol. The number of nitrogens with zero attached hydrogens (tertiary/aromatic N) is 2. The average Bonchev–Trinajstić information content (AvgIpc) is 2.50. The molecule has 1 aromatic carbocycles. The van der Waals surface area contributed by atoms with Crippen molar-refractivity contribution in [3.63, 3.8) is 0 Å². The molecule has 1 fully saturated rings. The lowest BCUT2D eigenvalue weighted by molar-refractivity contribution is 0.194. The zero-order valence-electron chi connectivity index (χ0n) is 13.5. The molecule has 0 aromatic heterocycles. The van der Waals surface area contributed by atoms with Crippen LogP contribution < -0.4 is 10.2 Å². The van der Waals surface area contributed by atoms with Crippen molar-refractivity contribution in [2.45, 2.75) is 33.6 Å². The molecule has 4 heteroatoms. The summed E-state index contributed by atoms with van der Waals surface area (Å²) < 4.78 is 0. The van der Waals surface area contributed by atoms with Crippen molar-refractivity contribution < 1.29 is 4.79 Å². The van der Waals surface area contributed by atoms with Crippen molar-refractivity contribution in [3.8, 4) is 0 Å². The van der Waals surface area contributed by atoms with E-state index in [2.05, 4.69) is 49.2 Å². The molecule has 1 saturated heterocycles. The molecule has 21 heavy (non-hydrogen) atoms. The molecule has 0 aliphatic carbocycles. The molecule has 0 spiro atoms. The van der Waals surface area contributed by atoms with Gasteiger partial charge in [0.2, 0.25) is 0 Å². The van der Waals surface area contributed by atoms with Gasteiger partial charge >= 0.3 is 6.03 Å². The van der Waals surface area contributed by atoms with Crippen LogP contribution in [0.15, 0.2) is 18.2 Å². The molecular formula is C17H27N3O. The first-order chi connectivity index (χ1) is 10.1. The van der Waals surface area contributed by atoms with E-state index in [9.17, 15) is 4.79 Å². The Balaban J connectivity index is 1.88. The van der Waals surface area contributed by atoms with Crippen LogP contribution in [-0.4, -0.2) is 43.7 Å². The number of rotatable bonds is 4. The smallest absolute Gasteiger partial charge is 0.317 e. The van der Waals surface area contributed by atoms with Gasteiger partial charge in [-0.05, 0) is 37.5 Å². The van der Waals surface area contributed by atoms with E-state index < -0.39 is 0 Å². The SMILES string of the molecule is CCCCNC(=O)N1CCN(c2cc(C)ccc2C)CC1. The standard InChI is InChI=1S/C17H27N3O/c1-4-5-8-18-17(21)20-11-9-19(10-12-20)16-13-14(2)6-7-15(16)3/h6-7,13H,4-5,8-12H2,1-3H3,(H,18,21). The molecule has 2 rings (SSSR count). The highest BCUT2D eigenvalue weighted by atomic mass is 16.2. The highest BCUT2D eigenvalue weighted by Crippen LogP contribution is 2.22. The molecule has 1 aromatic rings. The summed E-state index contributed by atoms with van der Waals surface area (Å²) in [5, 5.41) is 3.00. The van der Waals surface area contributed by atoms with Crippen molar-refractivity contribution in [1.29, 1.82) is 0 Å². The molecule has 0 radical (unpaired) electrons. The number of carbonyl (C=O) groups is 1. The third-order valence-corrected chi connectivity index (χ3v) is 4.08. The second-order valence-electron chi connectivity index (χ2n) is 5.85. The third kappa shape index (κ3) is 4.13. The topological polar surface area (TPSA) is 35.6 Å². The number of piperazine rings is 1. The van der Waals surface area contributed by atoms with Gasteiger partial charge in [-0.1, -0.05) is 25.5 Å². The Hall–Kier alpha value is -1.71. The van der Waals surface area contributed by atoms with E-state index in [0.29, 0.717) is 0 Å². The summed E-state index contributed by atoms with van der Waals surface area (Å²) in [7, 11) is 0. The third-order valence-electron chi connectivity index (χ3n) is 4.08. The van der Waals surface area contributed by atoms with E-state index in [1.54, 1.807) is 0 Å². The fourth-order valence-corrected chi connectivity index (χ4v) is 2.69. The Kier molecular flexibility index (Phi) is 5.48. The minimum absolute atomic E-state index is 0.0871. The van der Waals surface area contributed by atoms with E-state index in [0.717, 1.165) is 45.6 Å². The molecule has 4 nitrogen and oxygen atoms in total. The monoisotopic (exact) mass is 289 g/mol. The van der Waals surface area contributed by atoms with Crippen LogP contribution in [0.25, 0.3) is 0 Å². The predicted molar refractivity (Wildman–Crippen MR) is 88.0 cm³/mol. The second kappa shape index (κ2) is 7.34. The molecule has 116 valence electrons. The van der Waals surface area contributed by atoms with Gasteiger partial charge < -0.3 is 15.1 Å². The second-order valence-corrected chi connectivity index (χ2v) is 5.85. The van der Waals surface area contributed by atoms with Gasteiger partial charge in [0, 0.05) is 38.4 Å². The molecule has 1 N–H and O–H groups in total. The van der Waals surface area contributed by atoms with E-state index >= 15 is 0 Å². The van der Waals surface area contributed by atoms with Crippen LogP contribution in [-0.2, 0) is 0 Å². The van der Waals surface area contributed by atoms with Gasteiger partial charge in [0.1, 0.15) is 0 Å². The predicted octanol–water partition coefficient (Wildman–Crippen LogP) is 2.94. The zero-order valence-corrected chi connectivity index (χ0v) is 13.5. The van der Waals surface area contributed by atoms with Gasteiger partial charge in [-0.2, -0.15) is 0 Å². The van der Waals surface area contributed by atoms with E-state index in [1.165, 1.54) is 16.8 Å². The number of aryl methyl sites for hydroxylation is 2. The van der Waals surface area contributed by atoms with Crippen molar-refractivity contribution in [3.05, 3.63) is 29.3 Å². The quantitative estimate of drug-likeness (QED) is 0.865. The lowest BCUT2D eigenvalue weighted by Gasteiger charge is -2.37. The lowest BCUT2D eigenvalue weighted by Crippen LogP contribution is -2.52. The lowest BCUT2D eigenvalue weighted by atomic mass is 10.1. The largest absolute Gasteiger partial charge is 0.368 e. The Morgan fingerprint density at radius 2 is 1.90 bits per heavy atom. The Bertz CT molecular complexity index is 479. The number of carbonyl (C=O) groups excluding carboxylic acids is 1. The first-order valence-corrected chi connectivity index (χ1v) is 7.96. The van der Waals surface area contributed by atoms with Gasteiger partial charge in [0.25, 0.3) is 0 Å². The minimum Gasteiger partial charge on any atom is -0.368 e. The van der Waals surface area contributed by atoms with Crippen LogP contribution in [0, 0.1) is 13.8 Å². The number of amides is 2. The number of benzene rings is 1. The van der Waals surface area contributed by atoms with Gasteiger partial charge in [0.05, 0.1) is 0 Å². The summed E-state index contributed by atoms with van der Waals surface area (Å²) in [5.74, 6) is 0. The number of nitrogens with one attached hydrogen (secondary N) is 1. The molecule has 1 aliphatic rings. The van der Waals surface area contributed by atoms with Crippen LogP contribution in [0.1, 0.15) is 30.9 Å². The van der Waals surface area contributed by atoms with Gasteiger partial charge in [-0.3, -0.25) is 0 Å². The van der Waals surface area contributed by atoms with Crippen LogP contribution in [0.3, 0.4) is 0 Å². The number of anilines is 1. The van der Waals surface area contributed by atoms with Crippen LogP contribution in [0.5, 0.6) is 0 Å². The molecule has 1 heterocycles. The summed E-state index contributed by atoms with van der Waals surface area (Å²) >= 11 is 0. The van der Waals surface area contributed by atoms with Crippen LogP contribution >= 0.6 is 0 Å². The van der Waals surface area contributed by atoms with Gasteiger partial charge in [0.15, 0.2) is 0 Å². The van der Waals surface area contributed by atoms with Crippen molar-refractivity contribution in [1.82, 2.24) is 10.2 Å². The Labute approximate surface area is 128 Å². The fraction of sp³-hybridized carbons (Fsp3) is 0.588. The maximum Gasteiger partial charge on any atom is 0.317 e. The summed E-state index contributed by atoms with van der Waals surface area (Å²) in [6.07, 6.45) is 2.16. The average molecular weight is 289 g/mol. The highest BCUT2D eigenvalue weighted by Gasteiger charge is 2.21. The van der Waals surface area contributed by atoms with Gasteiger partial charge in [-0.15, -0.1) is 0 Å². The Morgan fingerprint density at radius 3 is 2.57 bits per heavy atom. The van der Waals surface area contributed by atoms with Gasteiger partial charge in [-0.25, -0.2) is 4.79 Å². The molecule has 2 amide bonds. The van der Waals surface area contributed by atoms with E-state index in [1.807, 2.05) is 4.90 Å². The van der Waals surface area contributed by atoms with Crippen molar-refractivity contribution in [2.75, 3.05) is 37.6 Å². The first-order valence-electron chi connectivity index (χ1n) is 7.96. The van der Waals surface area contributed by atoms with Crippen LogP contribution in [0.4, 0.5) is 10.5 Å². The maximum atomic E-state index is 12.0. The van der Waals surface area contributed by atoms with E-state index in [-0.39, 0.29) is 6.03 Å². The molecule has 0 bridgehead atoms. The molecule has 0 atom stereocenters. The summed E-state index contributed by atoms with van der Waals surface area (Å²) in [6, 6.07) is 6.65. The summed E-state index contributed by atoms with van der Waals surface area (Å²) in [5.41, 5.74) is 3.90. The summed E-state index contributed by atoms with van der Waals surface area (Å²) in [4.78, 5) is 16.3. The van der Waals surface area contributed by atoms with E-state index in [4.69, 9.17) is 0 Å². The maximum absolute atomic E-state index is 12.0.